The van der Waals surface area contributed by atoms with Crippen molar-refractivity contribution in [3.63, 3.8) is 0 Å². The maximum absolute atomic E-state index is 14.8. The molecule has 19 nitrogen and oxygen atoms in total. The average Bonchev–Trinajstić information content (AvgIpc) is 4.06. The van der Waals surface area contributed by atoms with Crippen LogP contribution in [0.5, 0.6) is 0 Å². The number of amides is 8. The summed E-state index contributed by atoms with van der Waals surface area (Å²) < 4.78 is 53.1. The molecule has 23 heteroatoms. The van der Waals surface area contributed by atoms with E-state index in [0.717, 1.165) is 33.9 Å². The molecule has 5 heterocycles. The number of nitrogens with one attached hydrogen (secondary N) is 3. The number of fused-ring (bicyclic) bond motifs is 2. The number of imide groups is 2. The Morgan fingerprint density at radius 3 is 2.45 bits per heavy atom. The molecule has 0 spiro atoms. The fraction of sp³-hybridized carbons (Fsp3) is 0.400. The molecule has 73 heavy (non-hydrogen) atoms. The maximum atomic E-state index is 14.8. The van der Waals surface area contributed by atoms with Crippen LogP contribution in [0, 0.1) is 17.3 Å². The lowest BCUT2D eigenvalue weighted by Gasteiger charge is -2.38. The molecular weight excluding hydrogens is 994 g/mol. The lowest BCUT2D eigenvalue weighted by atomic mass is 9.85. The van der Waals surface area contributed by atoms with Gasteiger partial charge in [0.1, 0.15) is 30.8 Å². The number of piperidine rings is 1. The fourth-order valence-corrected chi connectivity index (χ4v) is 10.6. The summed E-state index contributed by atoms with van der Waals surface area (Å²) in [7, 11) is -5.87. The third-order valence-electron chi connectivity index (χ3n) is 12.9. The maximum Gasteiger partial charge on any atom is 0.399 e. The van der Waals surface area contributed by atoms with Gasteiger partial charge in [0.25, 0.3) is 17.7 Å². The molecule has 3 aromatic carbocycles. The third kappa shape index (κ3) is 11.1. The Bertz CT molecular complexity index is 3020. The monoisotopic (exact) mass is 1040 g/mol. The number of benzene rings is 3. The van der Waals surface area contributed by atoms with Crippen LogP contribution in [0.15, 0.2) is 72.8 Å². The Morgan fingerprint density at radius 2 is 1.74 bits per heavy atom. The molecule has 5 N–H and O–H groups in total. The van der Waals surface area contributed by atoms with Crippen molar-refractivity contribution < 1.29 is 71.0 Å². The Balaban J connectivity index is 0.934. The molecule has 384 valence electrons. The second kappa shape index (κ2) is 21.0. The van der Waals surface area contributed by atoms with E-state index in [9.17, 15) is 61.5 Å². The Kier molecular flexibility index (Phi) is 15.1. The zero-order valence-electron chi connectivity index (χ0n) is 39.7. The molecule has 4 aliphatic heterocycles. The number of hydrogen-bond donors (Lipinski definition) is 5. The average molecular weight is 1050 g/mol. The molecule has 3 saturated heterocycles. The number of nitrogens with zero attached hydrogens (tertiary/aromatic N) is 3. The molecule has 0 bridgehead atoms. The Labute approximate surface area is 421 Å². The SMILES string of the molecule is CC(C)(C)[C@H](NC(=O)c1cc2cc(C(F)(F)P(=O)(O)O)ccc2s1)C(=O)N1C[C@@H](OCC(=O)NCCC#Cc2cccc3c2C(=O)N(C2CCC(=O)NC2=O)C3=O)C[C@H]1C(=O)N1CCO[C@H](c2ccccc2)C1. The molecule has 0 saturated carbocycles. The molecule has 4 aromatic rings. The van der Waals surface area contributed by atoms with Gasteiger partial charge in [-0.15, -0.1) is 11.3 Å². The molecule has 0 aliphatic carbocycles. The van der Waals surface area contributed by atoms with Gasteiger partial charge in [-0.25, -0.2) is 0 Å². The van der Waals surface area contributed by atoms with E-state index in [0.29, 0.717) is 4.70 Å². The topological polar surface area (TPSA) is 258 Å². The molecule has 5 atom stereocenters. The first-order chi connectivity index (χ1) is 34.5. The number of likely N-dealkylation sites (tertiary alicyclic amines) is 1. The summed E-state index contributed by atoms with van der Waals surface area (Å²) >= 11 is 0.919. The minimum absolute atomic E-state index is 0.00172. The van der Waals surface area contributed by atoms with Gasteiger partial charge in [-0.3, -0.25) is 53.1 Å². The van der Waals surface area contributed by atoms with Crippen LogP contribution in [0.4, 0.5) is 8.78 Å². The van der Waals surface area contributed by atoms with E-state index in [1.54, 1.807) is 37.8 Å². The van der Waals surface area contributed by atoms with Gasteiger partial charge in [-0.2, -0.15) is 8.78 Å². The highest BCUT2D eigenvalue weighted by atomic mass is 32.1. The zero-order chi connectivity index (χ0) is 52.6. The first-order valence-corrected chi connectivity index (χ1v) is 25.7. The predicted molar refractivity (Wildman–Crippen MR) is 258 cm³/mol. The number of carbonyl (C=O) groups excluding carboxylic acids is 8. The van der Waals surface area contributed by atoms with Crippen LogP contribution in [0.3, 0.4) is 0 Å². The van der Waals surface area contributed by atoms with Crippen LogP contribution < -0.4 is 16.0 Å². The second-order valence-electron chi connectivity index (χ2n) is 19.0. The molecule has 8 rings (SSSR count). The highest BCUT2D eigenvalue weighted by molar-refractivity contribution is 7.52. The second-order valence-corrected chi connectivity index (χ2v) is 21.8. The molecule has 1 aromatic heterocycles. The molecule has 4 aliphatic rings. The summed E-state index contributed by atoms with van der Waals surface area (Å²) in [5.41, 5.74) is -5.15. The fourth-order valence-electron chi connectivity index (χ4n) is 9.14. The Hall–Kier alpha value is -6.73. The van der Waals surface area contributed by atoms with Gasteiger partial charge in [0, 0.05) is 54.7 Å². The minimum Gasteiger partial charge on any atom is -0.370 e. The van der Waals surface area contributed by atoms with Gasteiger partial charge >= 0.3 is 13.3 Å². The standard InChI is InChI=1S/C50H51F2N6O13PS/c1-49(2,3)42(55-44(62)38-23-30-22-31(15-17-37(30)73-38)50(51,52)72(67,68)69)48(66)57-25-32(24-35(57)46(64)56-20-21-70-36(26-56)28-10-5-4-6-11-28)71-27-40(60)53-19-8-7-12-29-13-9-14-33-41(29)47(65)58(45(33)63)34-16-18-39(59)54-43(34)61/h4-6,9-11,13-15,17,22-23,32,34-36,42H,8,16,18-21,24-27H2,1-3H3,(H,53,60)(H,55,62)(H,54,59,61)(H2,67,68,69)/t32-,34?,35-,36-,42+/m0/s1. The molecule has 8 amide bonds. The van der Waals surface area contributed by atoms with Gasteiger partial charge < -0.3 is 39.7 Å². The van der Waals surface area contributed by atoms with Crippen molar-refractivity contribution in [1.82, 2.24) is 30.7 Å². The first-order valence-electron chi connectivity index (χ1n) is 23.3. The molecular formula is C50H51F2N6O13PS. The van der Waals surface area contributed by atoms with Gasteiger partial charge in [0.05, 0.1) is 35.3 Å². The molecule has 0 radical (unpaired) electrons. The summed E-state index contributed by atoms with van der Waals surface area (Å²) in [5.74, 6) is 0.884. The normalized spacial score (nSPS) is 20.8. The minimum atomic E-state index is -5.87. The van der Waals surface area contributed by atoms with Crippen molar-refractivity contribution in [1.29, 1.82) is 0 Å². The van der Waals surface area contributed by atoms with E-state index in [1.807, 2.05) is 30.3 Å². The van der Waals surface area contributed by atoms with Crippen LogP contribution in [0.1, 0.15) is 99.6 Å². The van der Waals surface area contributed by atoms with Gasteiger partial charge in [0.15, 0.2) is 0 Å². The van der Waals surface area contributed by atoms with Crippen molar-refractivity contribution in [2.45, 2.75) is 82.5 Å². The number of ether oxygens (including phenoxy) is 2. The smallest absolute Gasteiger partial charge is 0.370 e. The number of rotatable bonds is 13. The summed E-state index contributed by atoms with van der Waals surface area (Å²) in [6.07, 6.45) is -1.15. The number of hydrogen-bond acceptors (Lipinski definition) is 12. The summed E-state index contributed by atoms with van der Waals surface area (Å²) in [5, 5.41) is 7.76. The zero-order valence-corrected chi connectivity index (χ0v) is 41.4. The number of thiophene rings is 1. The third-order valence-corrected chi connectivity index (χ3v) is 15.0. The number of halogens is 2. The van der Waals surface area contributed by atoms with Crippen molar-refractivity contribution in [3.05, 3.63) is 105 Å². The summed E-state index contributed by atoms with van der Waals surface area (Å²) in [6, 6.07) is 14.7. The lowest BCUT2D eigenvalue weighted by Crippen LogP contribution is -2.58. The highest BCUT2D eigenvalue weighted by Crippen LogP contribution is 2.59. The van der Waals surface area contributed by atoms with Crippen molar-refractivity contribution in [2.75, 3.05) is 39.4 Å². The number of alkyl halides is 2. The van der Waals surface area contributed by atoms with Gasteiger partial charge in [-0.05, 0) is 53.1 Å². The number of morpholine rings is 1. The highest BCUT2D eigenvalue weighted by Gasteiger charge is 2.51. The lowest BCUT2D eigenvalue weighted by molar-refractivity contribution is -0.150. The van der Waals surface area contributed by atoms with E-state index in [-0.39, 0.29) is 85.4 Å². The van der Waals surface area contributed by atoms with Crippen LogP contribution in [-0.4, -0.2) is 135 Å². The van der Waals surface area contributed by atoms with E-state index < -0.39 is 108 Å². The van der Waals surface area contributed by atoms with Crippen molar-refractivity contribution >= 4 is 76.3 Å². The van der Waals surface area contributed by atoms with Crippen molar-refractivity contribution in [2.24, 2.45) is 5.41 Å². The predicted octanol–water partition coefficient (Wildman–Crippen LogP) is 3.82. The van der Waals surface area contributed by atoms with E-state index >= 15 is 0 Å². The van der Waals surface area contributed by atoms with Crippen LogP contribution in [0.2, 0.25) is 0 Å². The van der Waals surface area contributed by atoms with Gasteiger partial charge in [-0.1, -0.05) is 75.1 Å². The van der Waals surface area contributed by atoms with Crippen molar-refractivity contribution in [3.8, 4) is 11.8 Å². The summed E-state index contributed by atoms with van der Waals surface area (Å²) in [6.45, 7) is 5.24. The van der Waals surface area contributed by atoms with E-state index in [4.69, 9.17) is 9.47 Å². The molecule has 3 fully saturated rings. The largest absolute Gasteiger partial charge is 0.399 e. The van der Waals surface area contributed by atoms with Crippen LogP contribution in [-0.2, 0) is 43.7 Å². The van der Waals surface area contributed by atoms with Crippen LogP contribution >= 0.6 is 18.9 Å². The first kappa shape index (κ1) is 52.6. The number of carbonyl (C=O) groups is 8. The molecule has 1 unspecified atom stereocenters. The van der Waals surface area contributed by atoms with E-state index in [2.05, 4.69) is 27.8 Å². The van der Waals surface area contributed by atoms with Crippen LogP contribution in [0.25, 0.3) is 10.1 Å². The van der Waals surface area contributed by atoms with Gasteiger partial charge in [0.2, 0.25) is 29.5 Å². The van der Waals surface area contributed by atoms with E-state index in [1.165, 1.54) is 23.1 Å². The quantitative estimate of drug-likeness (QED) is 0.0553. The Morgan fingerprint density at radius 1 is 0.986 bits per heavy atom. The summed E-state index contributed by atoms with van der Waals surface area (Å²) in [4.78, 5) is 130.